The molecule has 0 radical (unpaired) electrons. The van der Waals surface area contributed by atoms with E-state index in [0.717, 1.165) is 65.3 Å². The van der Waals surface area contributed by atoms with E-state index in [1.165, 1.54) is 18.2 Å². The van der Waals surface area contributed by atoms with E-state index in [2.05, 4.69) is 22.0 Å². The number of pyridine rings is 1. The SMILES string of the molecule is O=c1oc2cc3n(c(=O)c2c(O)c1Sc1ccccc1F)-c1ccc(Br)cc1C31CCCCC1. The molecule has 6 rings (SSSR count). The van der Waals surface area contributed by atoms with Gasteiger partial charge in [0.2, 0.25) is 0 Å². The molecule has 5 nitrogen and oxygen atoms in total. The number of aromatic hydroxyl groups is 1. The van der Waals surface area contributed by atoms with Crippen molar-refractivity contribution in [1.82, 2.24) is 4.57 Å². The first-order valence-corrected chi connectivity index (χ1v) is 12.7. The standard InChI is InChI=1S/C26H19BrFNO4S/c27-14-8-9-17-15(12-14)26(10-4-1-5-11-26)20-13-18-21(24(31)29(17)20)22(30)23(25(32)33-18)34-19-7-3-2-6-16(19)28/h2-3,6-9,12-13,30H,1,4-5,10-11H2. The summed E-state index contributed by atoms with van der Waals surface area (Å²) in [7, 11) is 0. The quantitative estimate of drug-likeness (QED) is 0.325. The highest BCUT2D eigenvalue weighted by Gasteiger charge is 2.45. The Balaban J connectivity index is 1.64. The molecule has 4 aromatic rings. The van der Waals surface area contributed by atoms with Crippen LogP contribution in [0, 0.1) is 5.82 Å². The Labute approximate surface area is 206 Å². The predicted molar refractivity (Wildman–Crippen MR) is 132 cm³/mol. The van der Waals surface area contributed by atoms with Gasteiger partial charge in [-0.15, -0.1) is 0 Å². The van der Waals surface area contributed by atoms with E-state index < -0.39 is 22.8 Å². The van der Waals surface area contributed by atoms with E-state index >= 15 is 0 Å². The zero-order valence-electron chi connectivity index (χ0n) is 17.9. The molecule has 1 aliphatic carbocycles. The smallest absolute Gasteiger partial charge is 0.354 e. The van der Waals surface area contributed by atoms with Crippen molar-refractivity contribution in [1.29, 1.82) is 0 Å². The summed E-state index contributed by atoms with van der Waals surface area (Å²) in [6.45, 7) is 0. The van der Waals surface area contributed by atoms with E-state index in [-0.39, 0.29) is 26.2 Å². The highest BCUT2D eigenvalue weighted by Crippen LogP contribution is 2.52. The van der Waals surface area contributed by atoms with Gasteiger partial charge in [-0.3, -0.25) is 9.36 Å². The van der Waals surface area contributed by atoms with Crippen molar-refractivity contribution in [3.8, 4) is 11.4 Å². The zero-order chi connectivity index (χ0) is 23.6. The molecule has 8 heteroatoms. The van der Waals surface area contributed by atoms with E-state index in [1.807, 2.05) is 12.1 Å². The summed E-state index contributed by atoms with van der Waals surface area (Å²) in [5.74, 6) is -1.01. The van der Waals surface area contributed by atoms with E-state index in [4.69, 9.17) is 4.42 Å². The summed E-state index contributed by atoms with van der Waals surface area (Å²) in [5.41, 5.74) is 1.08. The molecule has 1 aliphatic heterocycles. The summed E-state index contributed by atoms with van der Waals surface area (Å²) in [4.78, 5) is 26.6. The molecule has 0 unspecified atom stereocenters. The van der Waals surface area contributed by atoms with Crippen molar-refractivity contribution in [2.75, 3.05) is 0 Å². The third kappa shape index (κ3) is 3.04. The lowest BCUT2D eigenvalue weighted by atomic mass is 9.68. The average molecular weight is 540 g/mol. The molecule has 1 saturated carbocycles. The molecule has 2 aliphatic rings. The molecule has 1 fully saturated rings. The van der Waals surface area contributed by atoms with Gasteiger partial charge in [-0.05, 0) is 48.7 Å². The first kappa shape index (κ1) is 21.7. The maximum Gasteiger partial charge on any atom is 0.354 e. The van der Waals surface area contributed by atoms with Crippen LogP contribution in [0.15, 0.2) is 76.8 Å². The van der Waals surface area contributed by atoms with Gasteiger partial charge in [0.1, 0.15) is 21.7 Å². The van der Waals surface area contributed by atoms with Crippen LogP contribution in [-0.4, -0.2) is 9.67 Å². The van der Waals surface area contributed by atoms with Crippen LogP contribution in [-0.2, 0) is 5.41 Å². The average Bonchev–Trinajstić information content (AvgIpc) is 3.07. The number of fused-ring (bicyclic) bond motifs is 6. The summed E-state index contributed by atoms with van der Waals surface area (Å²) in [6, 6.07) is 13.5. The monoisotopic (exact) mass is 539 g/mol. The first-order valence-electron chi connectivity index (χ1n) is 11.1. The highest BCUT2D eigenvalue weighted by molar-refractivity contribution is 9.10. The van der Waals surface area contributed by atoms with E-state index in [1.54, 1.807) is 16.7 Å². The van der Waals surface area contributed by atoms with Crippen LogP contribution in [0.5, 0.6) is 5.75 Å². The van der Waals surface area contributed by atoms with Crippen molar-refractivity contribution in [2.45, 2.75) is 47.3 Å². The van der Waals surface area contributed by atoms with E-state index in [0.29, 0.717) is 0 Å². The summed E-state index contributed by atoms with van der Waals surface area (Å²) in [5, 5.41) is 11.0. The second kappa shape index (κ2) is 7.85. The van der Waals surface area contributed by atoms with Gasteiger partial charge in [0.25, 0.3) is 5.56 Å². The zero-order valence-corrected chi connectivity index (χ0v) is 20.3. The van der Waals surface area contributed by atoms with Crippen LogP contribution in [0.1, 0.15) is 43.4 Å². The maximum absolute atomic E-state index is 14.2. The van der Waals surface area contributed by atoms with Crippen LogP contribution in [0.3, 0.4) is 0 Å². The number of hydrogen-bond donors (Lipinski definition) is 1. The molecule has 0 atom stereocenters. The van der Waals surface area contributed by atoms with Crippen LogP contribution < -0.4 is 11.2 Å². The highest BCUT2D eigenvalue weighted by atomic mass is 79.9. The van der Waals surface area contributed by atoms with Gasteiger partial charge in [-0.1, -0.05) is 59.1 Å². The van der Waals surface area contributed by atoms with Crippen molar-refractivity contribution in [3.05, 3.63) is 90.9 Å². The molecule has 2 aromatic heterocycles. The normalized spacial score (nSPS) is 16.1. The van der Waals surface area contributed by atoms with Crippen molar-refractivity contribution in [2.24, 2.45) is 0 Å². The number of hydrogen-bond acceptors (Lipinski definition) is 5. The summed E-state index contributed by atoms with van der Waals surface area (Å²) >= 11 is 4.32. The minimum Gasteiger partial charge on any atom is -0.505 e. The van der Waals surface area contributed by atoms with Crippen LogP contribution in [0.2, 0.25) is 0 Å². The van der Waals surface area contributed by atoms with Gasteiger partial charge in [0.15, 0.2) is 5.75 Å². The summed E-state index contributed by atoms with van der Waals surface area (Å²) < 4.78 is 22.3. The third-order valence-corrected chi connectivity index (χ3v) is 8.58. The molecule has 2 aromatic carbocycles. The van der Waals surface area contributed by atoms with Crippen molar-refractivity contribution < 1.29 is 13.9 Å². The molecule has 172 valence electrons. The fourth-order valence-corrected chi connectivity index (χ4v) is 6.68. The Morgan fingerprint density at radius 1 is 1.06 bits per heavy atom. The molecule has 1 N–H and O–H groups in total. The molecule has 1 spiro atoms. The number of aromatic nitrogens is 1. The lowest BCUT2D eigenvalue weighted by Gasteiger charge is -2.34. The first-order chi connectivity index (χ1) is 16.4. The van der Waals surface area contributed by atoms with Crippen molar-refractivity contribution in [3.63, 3.8) is 0 Å². The minimum atomic E-state index is -0.807. The Bertz CT molecular complexity index is 1600. The van der Waals surface area contributed by atoms with Gasteiger partial charge in [0.05, 0.1) is 5.69 Å². The largest absolute Gasteiger partial charge is 0.505 e. The topological polar surface area (TPSA) is 72.4 Å². The Morgan fingerprint density at radius 3 is 2.59 bits per heavy atom. The minimum absolute atomic E-state index is 0.0495. The molecular formula is C26H19BrFNO4S. The molecule has 0 amide bonds. The second-order valence-electron chi connectivity index (χ2n) is 8.81. The van der Waals surface area contributed by atoms with Crippen LogP contribution in [0.25, 0.3) is 16.7 Å². The second-order valence-corrected chi connectivity index (χ2v) is 10.8. The van der Waals surface area contributed by atoms with Gasteiger partial charge < -0.3 is 9.52 Å². The number of rotatable bonds is 2. The van der Waals surface area contributed by atoms with Gasteiger partial charge in [-0.2, -0.15) is 0 Å². The van der Waals surface area contributed by atoms with Crippen LogP contribution in [0.4, 0.5) is 4.39 Å². The molecular weight excluding hydrogens is 521 g/mol. The Kier molecular flexibility index (Phi) is 5.00. The summed E-state index contributed by atoms with van der Waals surface area (Å²) in [6.07, 6.45) is 4.98. The maximum atomic E-state index is 14.2. The Morgan fingerprint density at radius 2 is 1.82 bits per heavy atom. The molecule has 3 heterocycles. The Hall–Kier alpha value is -2.84. The third-order valence-electron chi connectivity index (χ3n) is 6.97. The molecule has 0 saturated heterocycles. The number of nitrogens with zero attached hydrogens (tertiary/aromatic N) is 1. The fourth-order valence-electron chi connectivity index (χ4n) is 5.47. The van der Waals surface area contributed by atoms with Gasteiger partial charge >= 0.3 is 5.63 Å². The lowest BCUT2D eigenvalue weighted by Crippen LogP contribution is -2.31. The fraction of sp³-hybridized carbons (Fsp3) is 0.231. The molecule has 34 heavy (non-hydrogen) atoms. The number of halogens is 2. The van der Waals surface area contributed by atoms with Gasteiger partial charge in [-0.25, -0.2) is 9.18 Å². The van der Waals surface area contributed by atoms with Crippen molar-refractivity contribution >= 4 is 38.7 Å². The van der Waals surface area contributed by atoms with E-state index in [9.17, 15) is 19.1 Å². The molecule has 0 bridgehead atoms. The van der Waals surface area contributed by atoms with Gasteiger partial charge in [0, 0.05) is 26.5 Å². The van der Waals surface area contributed by atoms with Crippen LogP contribution >= 0.6 is 27.7 Å². The predicted octanol–water partition coefficient (Wildman–Crippen LogP) is 6.27. The number of benzene rings is 2. The lowest BCUT2D eigenvalue weighted by molar-refractivity contribution is 0.346.